The molecule has 0 aliphatic carbocycles. The van der Waals surface area contributed by atoms with Crippen molar-refractivity contribution in [2.24, 2.45) is 7.05 Å². The molecular weight excluding hydrogens is 639 g/mol. The van der Waals surface area contributed by atoms with Crippen molar-refractivity contribution in [3.05, 3.63) is 78.4 Å². The Morgan fingerprint density at radius 2 is 1.72 bits per heavy atom. The molecule has 0 amide bonds. The van der Waals surface area contributed by atoms with E-state index < -0.39 is 31.8 Å². The van der Waals surface area contributed by atoms with Crippen LogP contribution in [0, 0.1) is 0 Å². The molecule has 0 unspecified atom stereocenters. The van der Waals surface area contributed by atoms with Crippen molar-refractivity contribution in [3.8, 4) is 22.6 Å². The van der Waals surface area contributed by atoms with Gasteiger partial charge in [0.2, 0.25) is 5.88 Å². The van der Waals surface area contributed by atoms with E-state index in [1.54, 1.807) is 41.3 Å². The van der Waals surface area contributed by atoms with Crippen molar-refractivity contribution < 1.29 is 44.1 Å². The van der Waals surface area contributed by atoms with E-state index >= 15 is 4.39 Å². The normalized spacial score (nSPS) is 14.4. The number of hydrogen-bond acceptors (Lipinski definition) is 10. The minimum atomic E-state index is -4.51. The summed E-state index contributed by atoms with van der Waals surface area (Å²) < 4.78 is 95.5. The number of aryl methyl sites for hydroxylation is 2. The number of anilines is 1. The van der Waals surface area contributed by atoms with Crippen LogP contribution in [0.3, 0.4) is 0 Å². The van der Waals surface area contributed by atoms with Crippen molar-refractivity contribution in [1.29, 1.82) is 0 Å². The van der Waals surface area contributed by atoms with E-state index in [9.17, 15) is 21.4 Å². The molecule has 0 fully saturated rings. The summed E-state index contributed by atoms with van der Waals surface area (Å²) in [5.74, 6) is -1.04. The van der Waals surface area contributed by atoms with Crippen LogP contribution in [0.1, 0.15) is 25.6 Å². The Kier molecular flexibility index (Phi) is 9.98. The Balaban J connectivity index is 1.63. The lowest BCUT2D eigenvalue weighted by molar-refractivity contribution is -0.648. The fourth-order valence-corrected chi connectivity index (χ4v) is 6.74. The summed E-state index contributed by atoms with van der Waals surface area (Å²) in [5, 5.41) is 0. The largest absolute Gasteiger partial charge is 0.748 e. The van der Waals surface area contributed by atoms with E-state index in [1.165, 1.54) is 12.0 Å². The minimum absolute atomic E-state index is 0.0352. The average molecular weight is 675 g/mol. The van der Waals surface area contributed by atoms with E-state index in [0.29, 0.717) is 34.8 Å². The number of nitrogens with one attached hydrogen (secondary N) is 1. The van der Waals surface area contributed by atoms with Gasteiger partial charge in [-0.3, -0.25) is 0 Å². The van der Waals surface area contributed by atoms with Crippen molar-refractivity contribution in [2.45, 2.75) is 26.3 Å². The van der Waals surface area contributed by atoms with Gasteiger partial charge in [-0.1, -0.05) is 37.3 Å². The van der Waals surface area contributed by atoms with Gasteiger partial charge < -0.3 is 18.9 Å². The molecule has 46 heavy (non-hydrogen) atoms. The van der Waals surface area contributed by atoms with Gasteiger partial charge in [0.1, 0.15) is 5.75 Å². The smallest absolute Gasteiger partial charge is 0.324 e. The number of hydroxylamine groups is 1. The second kappa shape index (κ2) is 13.8. The third-order valence-electron chi connectivity index (χ3n) is 7.48. The maximum absolute atomic E-state index is 17.0. The third kappa shape index (κ3) is 7.34. The molecule has 0 radical (unpaired) electrons. The first kappa shape index (κ1) is 33.3. The first-order chi connectivity index (χ1) is 21.9. The predicted octanol–water partition coefficient (Wildman–Crippen LogP) is 3.83. The number of imidazole rings is 1. The standard InChI is InChI=1S/C31H35FN4O8S2/c1-4-33-44-46(40,41)19-9-16-35-26-20-23(22-10-6-5-7-11-22)12-14-25(26)34(2)30(35)29(32)31-36(17-8-18-45(37,38)39)27-21-24(42-3)13-15-28(27)43-31/h5-7,10-15,20-21,33H,4,8-9,16-19H2,1-3H3. The highest BCUT2D eigenvalue weighted by atomic mass is 32.2. The number of methoxy groups -OCH3 is 1. The lowest BCUT2D eigenvalue weighted by Gasteiger charge is -2.19. The first-order valence-corrected chi connectivity index (χ1v) is 17.8. The molecule has 4 aromatic rings. The molecule has 0 saturated carbocycles. The van der Waals surface area contributed by atoms with E-state index in [-0.39, 0.29) is 43.4 Å². The fraction of sp³-hybridized carbons (Fsp3) is 0.323. The number of hydrogen-bond donors (Lipinski definition) is 1. The van der Waals surface area contributed by atoms with Gasteiger partial charge in [-0.25, -0.2) is 17.6 Å². The van der Waals surface area contributed by atoms with E-state index in [1.807, 2.05) is 48.5 Å². The van der Waals surface area contributed by atoms with Crippen molar-refractivity contribution >= 4 is 42.8 Å². The monoisotopic (exact) mass is 674 g/mol. The maximum atomic E-state index is 17.0. The van der Waals surface area contributed by atoms with E-state index in [4.69, 9.17) is 13.8 Å². The van der Waals surface area contributed by atoms with Crippen LogP contribution in [0.2, 0.25) is 0 Å². The van der Waals surface area contributed by atoms with Crippen LogP contribution in [0.4, 0.5) is 10.1 Å². The molecule has 1 N–H and O–H groups in total. The second-order valence-electron chi connectivity index (χ2n) is 10.6. The summed E-state index contributed by atoms with van der Waals surface area (Å²) in [6, 6.07) is 20.3. The molecule has 0 atom stereocenters. The summed E-state index contributed by atoms with van der Waals surface area (Å²) in [5.41, 5.74) is 5.96. The number of ether oxygens (including phenoxy) is 2. The number of nitrogens with zero attached hydrogens (tertiary/aromatic N) is 3. The van der Waals surface area contributed by atoms with Crippen molar-refractivity contribution in [2.75, 3.05) is 36.6 Å². The molecule has 0 saturated heterocycles. The highest BCUT2D eigenvalue weighted by Crippen LogP contribution is 2.44. The van der Waals surface area contributed by atoms with Crippen molar-refractivity contribution in [3.63, 3.8) is 0 Å². The molecule has 5 rings (SSSR count). The van der Waals surface area contributed by atoms with Gasteiger partial charge in [-0.2, -0.15) is 22.6 Å². The molecule has 1 aliphatic rings. The van der Waals surface area contributed by atoms with Gasteiger partial charge in [0.05, 0.1) is 42.3 Å². The molecule has 0 bridgehead atoms. The van der Waals surface area contributed by atoms with E-state index in [0.717, 1.165) is 11.1 Å². The Labute approximate surface area is 267 Å². The van der Waals surface area contributed by atoms with Gasteiger partial charge >= 0.3 is 5.82 Å². The molecule has 12 nitrogen and oxygen atoms in total. The van der Waals surface area contributed by atoms with Crippen molar-refractivity contribution in [1.82, 2.24) is 10.0 Å². The van der Waals surface area contributed by atoms with Gasteiger partial charge in [0.25, 0.3) is 15.9 Å². The zero-order chi connectivity index (χ0) is 33.1. The summed E-state index contributed by atoms with van der Waals surface area (Å²) in [6.45, 7) is 2.08. The number of rotatable bonds is 14. The first-order valence-electron chi connectivity index (χ1n) is 14.6. The van der Waals surface area contributed by atoms with E-state index in [2.05, 4.69) is 5.48 Å². The topological polar surface area (TPSA) is 143 Å². The maximum Gasteiger partial charge on any atom is 0.324 e. The third-order valence-corrected chi connectivity index (χ3v) is 9.43. The van der Waals surface area contributed by atoms with Crippen LogP contribution < -0.4 is 24.4 Å². The molecule has 1 aromatic heterocycles. The summed E-state index contributed by atoms with van der Waals surface area (Å²) in [4.78, 5) is 1.48. The highest BCUT2D eigenvalue weighted by molar-refractivity contribution is 7.86. The van der Waals surface area contributed by atoms with Gasteiger partial charge in [0, 0.05) is 31.3 Å². The Morgan fingerprint density at radius 1 is 0.978 bits per heavy atom. The molecule has 1 aliphatic heterocycles. The lowest BCUT2D eigenvalue weighted by atomic mass is 10.1. The zero-order valence-corrected chi connectivity index (χ0v) is 27.2. The van der Waals surface area contributed by atoms with Crippen LogP contribution in [0.5, 0.6) is 11.5 Å². The van der Waals surface area contributed by atoms with Gasteiger partial charge in [0.15, 0.2) is 16.8 Å². The molecule has 15 heteroatoms. The molecule has 0 spiro atoms. The summed E-state index contributed by atoms with van der Waals surface area (Å²) in [7, 11) is -5.22. The Bertz CT molecular complexity index is 1980. The number of benzene rings is 3. The highest BCUT2D eigenvalue weighted by Gasteiger charge is 2.37. The quantitative estimate of drug-likeness (QED) is 0.119. The number of fused-ring (bicyclic) bond motifs is 2. The average Bonchev–Trinajstić information content (AvgIpc) is 3.53. The van der Waals surface area contributed by atoms with Gasteiger partial charge in [-0.15, -0.1) is 0 Å². The molecule has 246 valence electrons. The van der Waals surface area contributed by atoms with Crippen LogP contribution >= 0.6 is 0 Å². The second-order valence-corrected chi connectivity index (χ2v) is 13.8. The minimum Gasteiger partial charge on any atom is -0.748 e. The van der Waals surface area contributed by atoms with Gasteiger partial charge in [-0.05, 0) is 47.9 Å². The van der Waals surface area contributed by atoms with Crippen LogP contribution in [0.25, 0.3) is 28.0 Å². The molecule has 3 aromatic carbocycles. The van der Waals surface area contributed by atoms with Crippen LogP contribution in [-0.4, -0.2) is 57.7 Å². The Morgan fingerprint density at radius 3 is 2.41 bits per heavy atom. The predicted molar refractivity (Wildman–Crippen MR) is 170 cm³/mol. The SMILES string of the molecule is CCNOS(=O)(=O)CCCn1c(C(F)=C2Oc3ccc(OC)cc3N2CCCS(=O)(=O)[O-])[n+](C)c2ccc(-c3ccccc3)cc21. The molecular formula is C31H35FN4O8S2. The summed E-state index contributed by atoms with van der Waals surface area (Å²) >= 11 is 0. The number of halogens is 1. The Hall–Kier alpha value is -4.02. The lowest BCUT2D eigenvalue weighted by Crippen LogP contribution is -2.34. The van der Waals surface area contributed by atoms with Crippen LogP contribution in [-0.2, 0) is 38.1 Å². The molecule has 2 heterocycles. The number of aromatic nitrogens is 2. The fourth-order valence-electron chi connectivity index (χ4n) is 5.39. The van der Waals surface area contributed by atoms with Crippen LogP contribution in [0.15, 0.2) is 72.6 Å². The zero-order valence-electron chi connectivity index (χ0n) is 25.6. The summed E-state index contributed by atoms with van der Waals surface area (Å²) in [6.07, 6.45) is 0.0217.